The Hall–Kier alpha value is -1.99. The minimum atomic E-state index is -1.26. The molecule has 29 heavy (non-hydrogen) atoms. The molecule has 160 valence electrons. The molecular formula is C17H25N5O6S. The number of imidazole rings is 1. The lowest BCUT2D eigenvalue weighted by molar-refractivity contribution is -0.168. The Kier molecular flexibility index (Phi) is 6.29. The number of hydrogen-bond donors (Lipinski definition) is 4. The van der Waals surface area contributed by atoms with E-state index in [0.717, 1.165) is 0 Å². The lowest BCUT2D eigenvalue weighted by atomic mass is 9.97. The minimum Gasteiger partial charge on any atom is -0.454 e. The number of nitrogens with zero attached hydrogens (tertiary/aromatic N) is 4. The number of rotatable bonds is 6. The third-order valence-corrected chi connectivity index (χ3v) is 5.33. The SMILES string of the molecule is CC(C)(C)C(=O)OC1C(O)[C@@H](CO)O[C@H]1n1c(SCCO)nc2c(N)ncnc21. The third kappa shape index (κ3) is 4.16. The van der Waals surface area contributed by atoms with Gasteiger partial charge in [-0.3, -0.25) is 9.36 Å². The smallest absolute Gasteiger partial charge is 0.311 e. The molecule has 1 fully saturated rings. The van der Waals surface area contributed by atoms with Gasteiger partial charge >= 0.3 is 5.97 Å². The first-order valence-electron chi connectivity index (χ1n) is 9.06. The number of carbonyl (C=O) groups is 1. The molecule has 2 aromatic rings. The summed E-state index contributed by atoms with van der Waals surface area (Å²) in [5, 5.41) is 29.8. The molecule has 1 aliphatic rings. The molecule has 3 rings (SSSR count). The Morgan fingerprint density at radius 1 is 1.38 bits per heavy atom. The van der Waals surface area contributed by atoms with Gasteiger partial charge in [0.05, 0.1) is 18.6 Å². The number of esters is 1. The Morgan fingerprint density at radius 2 is 2.10 bits per heavy atom. The zero-order chi connectivity index (χ0) is 21.3. The van der Waals surface area contributed by atoms with Gasteiger partial charge in [0.25, 0.3) is 0 Å². The fourth-order valence-corrected chi connectivity index (χ4v) is 3.64. The molecule has 0 aliphatic carbocycles. The van der Waals surface area contributed by atoms with Gasteiger partial charge in [0.2, 0.25) is 0 Å². The molecular weight excluding hydrogens is 402 g/mol. The van der Waals surface area contributed by atoms with Crippen molar-refractivity contribution in [1.29, 1.82) is 0 Å². The monoisotopic (exact) mass is 427 g/mol. The summed E-state index contributed by atoms with van der Waals surface area (Å²) >= 11 is 1.22. The van der Waals surface area contributed by atoms with E-state index in [9.17, 15) is 20.1 Å². The summed E-state index contributed by atoms with van der Waals surface area (Å²) in [7, 11) is 0. The lowest BCUT2D eigenvalue weighted by Gasteiger charge is -2.26. The van der Waals surface area contributed by atoms with Crippen LogP contribution in [0.5, 0.6) is 0 Å². The van der Waals surface area contributed by atoms with Crippen molar-refractivity contribution in [3.63, 3.8) is 0 Å². The Bertz CT molecular complexity index is 885. The average Bonchev–Trinajstić information content (AvgIpc) is 3.18. The number of aliphatic hydroxyl groups excluding tert-OH is 3. The van der Waals surface area contributed by atoms with Gasteiger partial charge < -0.3 is 30.5 Å². The molecule has 4 atom stereocenters. The average molecular weight is 427 g/mol. The zero-order valence-electron chi connectivity index (χ0n) is 16.3. The molecule has 1 aliphatic heterocycles. The number of aliphatic hydroxyl groups is 3. The van der Waals surface area contributed by atoms with Crippen LogP contribution in [-0.4, -0.2) is 78.1 Å². The summed E-state index contributed by atoms with van der Waals surface area (Å²) in [6, 6.07) is 0. The van der Waals surface area contributed by atoms with Gasteiger partial charge in [-0.2, -0.15) is 0 Å². The first-order chi connectivity index (χ1) is 13.7. The Balaban J connectivity index is 2.09. The van der Waals surface area contributed by atoms with Crippen LogP contribution in [0, 0.1) is 5.41 Å². The van der Waals surface area contributed by atoms with Crippen molar-refractivity contribution in [3.8, 4) is 0 Å². The molecule has 0 amide bonds. The predicted molar refractivity (Wildman–Crippen MR) is 104 cm³/mol. The van der Waals surface area contributed by atoms with Crippen LogP contribution in [-0.2, 0) is 14.3 Å². The van der Waals surface area contributed by atoms with Crippen LogP contribution in [0.3, 0.4) is 0 Å². The summed E-state index contributed by atoms with van der Waals surface area (Å²) in [6.45, 7) is 4.52. The minimum absolute atomic E-state index is 0.0924. The number of carbonyl (C=O) groups excluding carboxylic acids is 1. The van der Waals surface area contributed by atoms with Crippen molar-refractivity contribution in [3.05, 3.63) is 6.33 Å². The molecule has 0 saturated carbocycles. The van der Waals surface area contributed by atoms with E-state index in [-0.39, 0.29) is 12.4 Å². The molecule has 3 heterocycles. The van der Waals surface area contributed by atoms with E-state index < -0.39 is 42.5 Å². The van der Waals surface area contributed by atoms with Crippen LogP contribution in [0.4, 0.5) is 5.82 Å². The molecule has 0 radical (unpaired) electrons. The van der Waals surface area contributed by atoms with Crippen LogP contribution in [0.2, 0.25) is 0 Å². The zero-order valence-corrected chi connectivity index (χ0v) is 17.2. The third-order valence-electron chi connectivity index (χ3n) is 4.40. The largest absolute Gasteiger partial charge is 0.454 e. The highest BCUT2D eigenvalue weighted by molar-refractivity contribution is 7.99. The van der Waals surface area contributed by atoms with Gasteiger partial charge in [-0.25, -0.2) is 15.0 Å². The summed E-state index contributed by atoms with van der Waals surface area (Å²) in [6.07, 6.45) is -3.08. The summed E-state index contributed by atoms with van der Waals surface area (Å²) in [5.41, 5.74) is 5.76. The van der Waals surface area contributed by atoms with Crippen LogP contribution in [0.1, 0.15) is 27.0 Å². The molecule has 11 nitrogen and oxygen atoms in total. The van der Waals surface area contributed by atoms with E-state index in [1.165, 1.54) is 18.1 Å². The fraction of sp³-hybridized carbons (Fsp3) is 0.647. The number of nitrogens with two attached hydrogens (primary N) is 1. The van der Waals surface area contributed by atoms with Gasteiger partial charge in [-0.05, 0) is 20.8 Å². The second kappa shape index (κ2) is 8.40. The molecule has 5 N–H and O–H groups in total. The van der Waals surface area contributed by atoms with Crippen LogP contribution < -0.4 is 5.73 Å². The van der Waals surface area contributed by atoms with Gasteiger partial charge in [0.15, 0.2) is 34.5 Å². The number of anilines is 1. The van der Waals surface area contributed by atoms with Crippen molar-refractivity contribution in [2.75, 3.05) is 24.7 Å². The number of ether oxygens (including phenoxy) is 2. The number of fused-ring (bicyclic) bond motifs is 1. The van der Waals surface area contributed by atoms with E-state index in [1.54, 1.807) is 25.3 Å². The summed E-state index contributed by atoms with van der Waals surface area (Å²) in [5.74, 6) is -0.0427. The molecule has 2 aromatic heterocycles. The van der Waals surface area contributed by atoms with E-state index in [1.807, 2.05) is 0 Å². The van der Waals surface area contributed by atoms with E-state index in [2.05, 4.69) is 15.0 Å². The van der Waals surface area contributed by atoms with Crippen molar-refractivity contribution < 1.29 is 29.6 Å². The van der Waals surface area contributed by atoms with Crippen LogP contribution in [0.15, 0.2) is 11.5 Å². The number of aromatic nitrogens is 4. The van der Waals surface area contributed by atoms with Gasteiger partial charge in [-0.15, -0.1) is 0 Å². The van der Waals surface area contributed by atoms with Crippen molar-refractivity contribution in [2.24, 2.45) is 5.41 Å². The Morgan fingerprint density at radius 3 is 2.72 bits per heavy atom. The first kappa shape index (κ1) is 21.7. The number of hydrogen-bond acceptors (Lipinski definition) is 11. The van der Waals surface area contributed by atoms with E-state index >= 15 is 0 Å². The van der Waals surface area contributed by atoms with Crippen molar-refractivity contribution in [2.45, 2.75) is 50.5 Å². The van der Waals surface area contributed by atoms with Gasteiger partial charge in [0, 0.05) is 5.75 Å². The van der Waals surface area contributed by atoms with Gasteiger partial charge in [0.1, 0.15) is 18.5 Å². The van der Waals surface area contributed by atoms with Crippen LogP contribution >= 0.6 is 11.8 Å². The quantitative estimate of drug-likeness (QED) is 0.353. The molecule has 0 spiro atoms. The number of thioether (sulfide) groups is 1. The topological polar surface area (TPSA) is 166 Å². The second-order valence-electron chi connectivity index (χ2n) is 7.63. The maximum atomic E-state index is 12.5. The maximum Gasteiger partial charge on any atom is 0.311 e. The molecule has 0 aromatic carbocycles. The summed E-state index contributed by atoms with van der Waals surface area (Å²) in [4.78, 5) is 25.1. The lowest BCUT2D eigenvalue weighted by Crippen LogP contribution is -2.39. The van der Waals surface area contributed by atoms with Crippen molar-refractivity contribution >= 4 is 34.7 Å². The highest BCUT2D eigenvalue weighted by Crippen LogP contribution is 2.38. The first-order valence-corrected chi connectivity index (χ1v) is 10.0. The predicted octanol–water partition coefficient (Wildman–Crippen LogP) is -0.299. The van der Waals surface area contributed by atoms with Crippen LogP contribution in [0.25, 0.3) is 11.2 Å². The van der Waals surface area contributed by atoms with Gasteiger partial charge in [-0.1, -0.05) is 11.8 Å². The molecule has 2 unspecified atom stereocenters. The molecule has 0 bridgehead atoms. The summed E-state index contributed by atoms with van der Waals surface area (Å²) < 4.78 is 13.0. The second-order valence-corrected chi connectivity index (χ2v) is 8.69. The highest BCUT2D eigenvalue weighted by atomic mass is 32.2. The highest BCUT2D eigenvalue weighted by Gasteiger charge is 2.49. The maximum absolute atomic E-state index is 12.5. The van der Waals surface area contributed by atoms with E-state index in [4.69, 9.17) is 15.2 Å². The van der Waals surface area contributed by atoms with Crippen molar-refractivity contribution in [1.82, 2.24) is 19.5 Å². The number of nitrogen functional groups attached to an aromatic ring is 1. The van der Waals surface area contributed by atoms with E-state index in [0.29, 0.717) is 22.1 Å². The fourth-order valence-electron chi connectivity index (χ4n) is 2.88. The standard InChI is InChI=1S/C17H25N5O6S/c1-17(2,3)15(26)28-11-10(25)8(6-24)27-14(11)22-13-9(12(18)19-7-20-13)21-16(22)29-5-4-23/h7-8,10-11,14,23-25H,4-6H2,1-3H3,(H2,18,19,20)/t8-,10?,11?,14-/m1/s1. The Labute approximate surface area is 171 Å². The normalized spacial score (nSPS) is 24.9. The molecule has 1 saturated heterocycles. The molecule has 12 heteroatoms.